The van der Waals surface area contributed by atoms with Gasteiger partial charge in [0.15, 0.2) is 0 Å². The molecule has 0 radical (unpaired) electrons. The Hall–Kier alpha value is -1.37. The maximum Gasteiger partial charge on any atom is 0.254 e. The summed E-state index contributed by atoms with van der Waals surface area (Å²) < 4.78 is 4.88. The molecule has 1 atom stereocenters. The van der Waals surface area contributed by atoms with Gasteiger partial charge in [-0.05, 0) is 12.5 Å². The summed E-state index contributed by atoms with van der Waals surface area (Å²) in [7, 11) is 1.55. The first-order valence-electron chi connectivity index (χ1n) is 5.40. The van der Waals surface area contributed by atoms with Crippen LogP contribution >= 0.6 is 11.6 Å². The largest absolute Gasteiger partial charge is 0.397 e. The summed E-state index contributed by atoms with van der Waals surface area (Å²) in [6.45, 7) is 0.261. The molecule has 6 nitrogen and oxygen atoms in total. The minimum absolute atomic E-state index is 0.0742. The Labute approximate surface area is 110 Å². The summed E-state index contributed by atoms with van der Waals surface area (Å²) in [5.41, 5.74) is 6.07. The highest BCUT2D eigenvalue weighted by Gasteiger charge is 2.16. The number of halogens is 1. The number of methoxy groups -OCH3 is 1. The van der Waals surface area contributed by atoms with Crippen molar-refractivity contribution in [2.24, 2.45) is 0 Å². The fraction of sp³-hybridized carbons (Fsp3) is 0.455. The number of aromatic nitrogens is 1. The first kappa shape index (κ1) is 14.7. The average molecular weight is 274 g/mol. The van der Waals surface area contributed by atoms with Crippen molar-refractivity contribution < 1.29 is 14.6 Å². The Morgan fingerprint density at radius 1 is 1.72 bits per heavy atom. The minimum atomic E-state index is -0.421. The number of hydrogen-bond donors (Lipinski definition) is 3. The number of anilines is 1. The van der Waals surface area contributed by atoms with Crippen LogP contribution in [-0.2, 0) is 4.74 Å². The summed E-state index contributed by atoms with van der Waals surface area (Å²) in [6.07, 6.45) is 1.87. The number of nitrogen functional groups attached to an aromatic ring is 1. The van der Waals surface area contributed by atoms with E-state index in [1.165, 1.54) is 12.3 Å². The average Bonchev–Trinajstić information content (AvgIpc) is 2.37. The van der Waals surface area contributed by atoms with E-state index < -0.39 is 11.9 Å². The van der Waals surface area contributed by atoms with Crippen molar-refractivity contribution in [3.05, 3.63) is 23.0 Å². The summed E-state index contributed by atoms with van der Waals surface area (Å²) in [6, 6.07) is 1.05. The zero-order valence-corrected chi connectivity index (χ0v) is 10.8. The molecule has 0 bridgehead atoms. The number of nitrogens with one attached hydrogen (secondary N) is 1. The van der Waals surface area contributed by atoms with Crippen molar-refractivity contribution in [1.29, 1.82) is 0 Å². The molecule has 0 spiro atoms. The third kappa shape index (κ3) is 4.14. The zero-order chi connectivity index (χ0) is 13.5. The van der Waals surface area contributed by atoms with E-state index in [-0.39, 0.29) is 17.3 Å². The first-order chi connectivity index (χ1) is 8.58. The highest BCUT2D eigenvalue weighted by atomic mass is 35.5. The lowest BCUT2D eigenvalue weighted by Crippen LogP contribution is -2.38. The van der Waals surface area contributed by atoms with Gasteiger partial charge in [-0.2, -0.15) is 0 Å². The van der Waals surface area contributed by atoms with Gasteiger partial charge in [0.05, 0.1) is 30.1 Å². The number of aliphatic hydroxyl groups excluding tert-OH is 1. The number of nitrogens with zero attached hydrogens (tertiary/aromatic N) is 1. The van der Waals surface area contributed by atoms with E-state index in [2.05, 4.69) is 10.3 Å². The van der Waals surface area contributed by atoms with E-state index in [9.17, 15) is 4.79 Å². The molecular formula is C11H16ClN3O3. The van der Waals surface area contributed by atoms with Crippen molar-refractivity contribution in [3.8, 4) is 0 Å². The van der Waals surface area contributed by atoms with Gasteiger partial charge in [-0.15, -0.1) is 0 Å². The second-order valence-corrected chi connectivity index (χ2v) is 4.10. The molecule has 1 rings (SSSR count). The van der Waals surface area contributed by atoms with Gasteiger partial charge in [0, 0.05) is 13.7 Å². The molecule has 1 aromatic heterocycles. The van der Waals surface area contributed by atoms with Crippen molar-refractivity contribution in [3.63, 3.8) is 0 Å². The second-order valence-electron chi connectivity index (χ2n) is 3.74. The number of nitrogens with two attached hydrogens (primary N) is 1. The second kappa shape index (κ2) is 7.15. The maximum atomic E-state index is 11.9. The molecule has 7 heteroatoms. The van der Waals surface area contributed by atoms with Crippen LogP contribution in [0.15, 0.2) is 12.3 Å². The monoisotopic (exact) mass is 273 g/mol. The molecule has 1 amide bonds. The lowest BCUT2D eigenvalue weighted by atomic mass is 10.2. The molecule has 1 heterocycles. The summed E-state index contributed by atoms with van der Waals surface area (Å²) in [4.78, 5) is 15.7. The van der Waals surface area contributed by atoms with Crippen LogP contribution in [0.25, 0.3) is 0 Å². The minimum Gasteiger partial charge on any atom is -0.397 e. The van der Waals surface area contributed by atoms with Crippen LogP contribution in [0.5, 0.6) is 0 Å². The molecule has 100 valence electrons. The zero-order valence-electron chi connectivity index (χ0n) is 10.0. The number of ether oxygens (including phenoxy) is 1. The third-order valence-electron chi connectivity index (χ3n) is 2.33. The van der Waals surface area contributed by atoms with Crippen LogP contribution in [0.2, 0.25) is 5.15 Å². The van der Waals surface area contributed by atoms with Crippen LogP contribution in [0.1, 0.15) is 16.8 Å². The van der Waals surface area contributed by atoms with E-state index in [4.69, 9.17) is 27.2 Å². The highest BCUT2D eigenvalue weighted by Crippen LogP contribution is 2.15. The molecule has 0 aliphatic heterocycles. The molecule has 0 aromatic carbocycles. The van der Waals surface area contributed by atoms with Crippen molar-refractivity contribution in [2.45, 2.75) is 12.5 Å². The van der Waals surface area contributed by atoms with Crippen molar-refractivity contribution >= 4 is 23.2 Å². The number of aliphatic hydroxyl groups is 1. The van der Waals surface area contributed by atoms with E-state index in [0.717, 1.165) is 0 Å². The number of carbonyl (C=O) groups excluding carboxylic acids is 1. The molecular weight excluding hydrogens is 258 g/mol. The Balaban J connectivity index is 2.71. The van der Waals surface area contributed by atoms with Gasteiger partial charge < -0.3 is 20.9 Å². The number of hydrogen-bond acceptors (Lipinski definition) is 5. The van der Waals surface area contributed by atoms with Crippen LogP contribution in [0, 0.1) is 0 Å². The normalized spacial score (nSPS) is 12.2. The van der Waals surface area contributed by atoms with Crippen LogP contribution in [-0.4, -0.2) is 42.4 Å². The van der Waals surface area contributed by atoms with Crippen molar-refractivity contribution in [1.82, 2.24) is 10.3 Å². The lowest BCUT2D eigenvalue weighted by Gasteiger charge is -2.16. The summed E-state index contributed by atoms with van der Waals surface area (Å²) in [5, 5.41) is 11.8. The molecule has 0 aliphatic carbocycles. The SMILES string of the molecule is COCCC(CO)NC(=O)c1cc(N)cnc1Cl. The Morgan fingerprint density at radius 3 is 3.06 bits per heavy atom. The molecule has 18 heavy (non-hydrogen) atoms. The smallest absolute Gasteiger partial charge is 0.254 e. The molecule has 4 N–H and O–H groups in total. The number of pyridine rings is 1. The van der Waals surface area contributed by atoms with Crippen LogP contribution in [0.3, 0.4) is 0 Å². The Morgan fingerprint density at radius 2 is 2.44 bits per heavy atom. The first-order valence-corrected chi connectivity index (χ1v) is 5.78. The van der Waals surface area contributed by atoms with Gasteiger partial charge in [0.1, 0.15) is 5.15 Å². The summed E-state index contributed by atoms with van der Waals surface area (Å²) >= 11 is 5.81. The van der Waals surface area contributed by atoms with Crippen LogP contribution < -0.4 is 11.1 Å². The van der Waals surface area contributed by atoms with Gasteiger partial charge in [-0.3, -0.25) is 4.79 Å². The molecule has 1 unspecified atom stereocenters. The number of amides is 1. The van der Waals surface area contributed by atoms with E-state index in [0.29, 0.717) is 18.7 Å². The Kier molecular flexibility index (Phi) is 5.84. The topological polar surface area (TPSA) is 97.5 Å². The molecule has 0 saturated heterocycles. The lowest BCUT2D eigenvalue weighted by molar-refractivity contribution is 0.0894. The maximum absolute atomic E-state index is 11.9. The Bertz CT molecular complexity index is 415. The van der Waals surface area contributed by atoms with Gasteiger partial charge in [0.2, 0.25) is 0 Å². The fourth-order valence-electron chi connectivity index (χ4n) is 1.36. The third-order valence-corrected chi connectivity index (χ3v) is 2.63. The van der Waals surface area contributed by atoms with Gasteiger partial charge in [0.25, 0.3) is 5.91 Å². The number of carbonyl (C=O) groups is 1. The van der Waals surface area contributed by atoms with Crippen molar-refractivity contribution in [2.75, 3.05) is 26.1 Å². The van der Waals surface area contributed by atoms with Gasteiger partial charge in [-0.1, -0.05) is 11.6 Å². The van der Waals surface area contributed by atoms with Crippen LogP contribution in [0.4, 0.5) is 5.69 Å². The standard InChI is InChI=1S/C11H16ClN3O3/c1-18-3-2-8(6-16)15-11(17)9-4-7(13)5-14-10(9)12/h4-5,8,16H,2-3,6,13H2,1H3,(H,15,17). The van der Waals surface area contributed by atoms with Gasteiger partial charge in [-0.25, -0.2) is 4.98 Å². The molecule has 0 saturated carbocycles. The highest BCUT2D eigenvalue weighted by molar-refractivity contribution is 6.32. The van der Waals surface area contributed by atoms with E-state index in [1.54, 1.807) is 7.11 Å². The summed E-state index contributed by atoms with van der Waals surface area (Å²) in [5.74, 6) is -0.421. The number of rotatable bonds is 6. The van der Waals surface area contributed by atoms with E-state index >= 15 is 0 Å². The molecule has 0 aliphatic rings. The van der Waals surface area contributed by atoms with E-state index in [1.807, 2.05) is 0 Å². The quantitative estimate of drug-likeness (QED) is 0.654. The fourth-order valence-corrected chi connectivity index (χ4v) is 1.54. The predicted molar refractivity (Wildman–Crippen MR) is 68.5 cm³/mol. The van der Waals surface area contributed by atoms with Gasteiger partial charge >= 0.3 is 0 Å². The molecule has 0 fully saturated rings. The molecule has 1 aromatic rings. The predicted octanol–water partition coefficient (Wildman–Crippen LogP) is 0.444.